The van der Waals surface area contributed by atoms with E-state index in [1.54, 1.807) is 61.4 Å². The molecule has 1 aromatic heterocycles. The number of aryl methyl sites for hydroxylation is 1. The number of rotatable bonds is 4. The Bertz CT molecular complexity index is 747. The second-order valence-electron chi connectivity index (χ2n) is 6.58. The van der Waals surface area contributed by atoms with Crippen molar-refractivity contribution in [1.29, 1.82) is 0 Å². The standard InChI is InChI=1S/C17H22N4O4/c1-17(2,3)25-16(23)19-14(15(22)20-24)12-7-5-11(6-8-12)13-9-18-21(4)10-13/h5-10,14,24H,1-4H3,(H,19,23)(H,20,22). The number of aromatic nitrogens is 2. The highest BCUT2D eigenvalue weighted by molar-refractivity contribution is 5.86. The fraction of sp³-hybridized carbons (Fsp3) is 0.353. The number of carbonyl (C=O) groups is 2. The lowest BCUT2D eigenvalue weighted by Crippen LogP contribution is -2.41. The van der Waals surface area contributed by atoms with E-state index in [0.717, 1.165) is 11.1 Å². The van der Waals surface area contributed by atoms with Gasteiger partial charge in [0.05, 0.1) is 6.20 Å². The van der Waals surface area contributed by atoms with Crippen molar-refractivity contribution in [3.05, 3.63) is 42.2 Å². The molecule has 2 amide bonds. The van der Waals surface area contributed by atoms with Crippen molar-refractivity contribution in [3.63, 3.8) is 0 Å². The summed E-state index contributed by atoms with van der Waals surface area (Å²) in [6.07, 6.45) is 2.84. The maximum atomic E-state index is 11.9. The molecule has 1 heterocycles. The Morgan fingerprint density at radius 1 is 1.20 bits per heavy atom. The van der Waals surface area contributed by atoms with Gasteiger partial charge in [-0.1, -0.05) is 24.3 Å². The molecule has 0 bridgehead atoms. The molecule has 1 atom stereocenters. The van der Waals surface area contributed by atoms with Crippen LogP contribution in [0, 0.1) is 0 Å². The number of nitrogens with zero attached hydrogens (tertiary/aromatic N) is 2. The van der Waals surface area contributed by atoms with Gasteiger partial charge in [0.15, 0.2) is 0 Å². The maximum Gasteiger partial charge on any atom is 0.408 e. The number of hydrogen-bond donors (Lipinski definition) is 3. The van der Waals surface area contributed by atoms with E-state index < -0.39 is 23.6 Å². The van der Waals surface area contributed by atoms with Crippen LogP contribution in [0.2, 0.25) is 0 Å². The molecule has 3 N–H and O–H groups in total. The van der Waals surface area contributed by atoms with E-state index in [4.69, 9.17) is 9.94 Å². The zero-order chi connectivity index (χ0) is 18.6. The second kappa shape index (κ2) is 7.35. The van der Waals surface area contributed by atoms with Gasteiger partial charge in [-0.3, -0.25) is 14.7 Å². The minimum absolute atomic E-state index is 0.505. The van der Waals surface area contributed by atoms with E-state index in [1.165, 1.54) is 0 Å². The largest absolute Gasteiger partial charge is 0.444 e. The van der Waals surface area contributed by atoms with Crippen LogP contribution < -0.4 is 10.8 Å². The van der Waals surface area contributed by atoms with Crippen LogP contribution in [0.5, 0.6) is 0 Å². The Kier molecular flexibility index (Phi) is 5.43. The first-order valence-electron chi connectivity index (χ1n) is 7.72. The number of benzene rings is 1. The van der Waals surface area contributed by atoms with Gasteiger partial charge in [-0.25, -0.2) is 10.3 Å². The monoisotopic (exact) mass is 346 g/mol. The minimum atomic E-state index is -1.08. The molecule has 0 saturated heterocycles. The summed E-state index contributed by atoms with van der Waals surface area (Å²) in [5.41, 5.74) is 3.21. The smallest absolute Gasteiger partial charge is 0.408 e. The molecule has 0 radical (unpaired) electrons. The summed E-state index contributed by atoms with van der Waals surface area (Å²) >= 11 is 0. The number of carbonyl (C=O) groups excluding carboxylic acids is 2. The topological polar surface area (TPSA) is 105 Å². The number of hydroxylamine groups is 1. The van der Waals surface area contributed by atoms with Crippen molar-refractivity contribution in [1.82, 2.24) is 20.6 Å². The molecular weight excluding hydrogens is 324 g/mol. The van der Waals surface area contributed by atoms with Crippen molar-refractivity contribution in [3.8, 4) is 11.1 Å². The zero-order valence-electron chi connectivity index (χ0n) is 14.6. The lowest BCUT2D eigenvalue weighted by atomic mass is 10.0. The molecular formula is C17H22N4O4. The number of ether oxygens (including phenoxy) is 1. The van der Waals surface area contributed by atoms with Crippen molar-refractivity contribution >= 4 is 12.0 Å². The van der Waals surface area contributed by atoms with Gasteiger partial charge < -0.3 is 10.1 Å². The van der Waals surface area contributed by atoms with E-state index in [9.17, 15) is 9.59 Å². The molecule has 1 unspecified atom stereocenters. The molecule has 0 aliphatic heterocycles. The number of hydrogen-bond acceptors (Lipinski definition) is 5. The molecule has 25 heavy (non-hydrogen) atoms. The van der Waals surface area contributed by atoms with Gasteiger partial charge in [-0.2, -0.15) is 5.10 Å². The molecule has 0 spiro atoms. The van der Waals surface area contributed by atoms with Crippen molar-refractivity contribution in [2.45, 2.75) is 32.4 Å². The molecule has 0 saturated carbocycles. The third kappa shape index (κ3) is 5.05. The molecule has 2 rings (SSSR count). The molecule has 8 heteroatoms. The maximum absolute atomic E-state index is 11.9. The predicted molar refractivity (Wildman–Crippen MR) is 90.7 cm³/mol. The third-order valence-electron chi connectivity index (χ3n) is 3.32. The van der Waals surface area contributed by atoms with Crippen LogP contribution in [-0.2, 0) is 16.6 Å². The van der Waals surface area contributed by atoms with Crippen LogP contribution >= 0.6 is 0 Å². The fourth-order valence-electron chi connectivity index (χ4n) is 2.23. The first kappa shape index (κ1) is 18.5. The summed E-state index contributed by atoms with van der Waals surface area (Å²) in [5.74, 6) is -0.764. The quantitative estimate of drug-likeness (QED) is 0.581. The highest BCUT2D eigenvalue weighted by atomic mass is 16.6. The Balaban J connectivity index is 2.20. The summed E-state index contributed by atoms with van der Waals surface area (Å²) in [5, 5.41) is 15.5. The van der Waals surface area contributed by atoms with Gasteiger partial charge in [0.25, 0.3) is 5.91 Å². The molecule has 134 valence electrons. The van der Waals surface area contributed by atoms with Gasteiger partial charge in [-0.15, -0.1) is 0 Å². The molecule has 0 aliphatic rings. The van der Waals surface area contributed by atoms with Gasteiger partial charge >= 0.3 is 6.09 Å². The highest BCUT2D eigenvalue weighted by Gasteiger charge is 2.25. The lowest BCUT2D eigenvalue weighted by Gasteiger charge is -2.23. The van der Waals surface area contributed by atoms with Crippen molar-refractivity contribution < 1.29 is 19.5 Å². The Hall–Kier alpha value is -2.87. The predicted octanol–water partition coefficient (Wildman–Crippen LogP) is 2.16. The average Bonchev–Trinajstić information content (AvgIpc) is 2.97. The Labute approximate surface area is 145 Å². The van der Waals surface area contributed by atoms with E-state index in [1.807, 2.05) is 13.2 Å². The summed E-state index contributed by atoms with van der Waals surface area (Å²) in [6.45, 7) is 5.16. The second-order valence-corrected chi connectivity index (χ2v) is 6.58. The molecule has 8 nitrogen and oxygen atoms in total. The average molecular weight is 346 g/mol. The van der Waals surface area contributed by atoms with Gasteiger partial charge in [0, 0.05) is 18.8 Å². The van der Waals surface area contributed by atoms with E-state index in [2.05, 4.69) is 10.4 Å². The Morgan fingerprint density at radius 3 is 2.32 bits per heavy atom. The van der Waals surface area contributed by atoms with Crippen LogP contribution in [0.25, 0.3) is 11.1 Å². The van der Waals surface area contributed by atoms with E-state index in [-0.39, 0.29) is 0 Å². The van der Waals surface area contributed by atoms with Crippen LogP contribution in [-0.4, -0.2) is 32.6 Å². The number of alkyl carbamates (subject to hydrolysis) is 1. The third-order valence-corrected chi connectivity index (χ3v) is 3.32. The van der Waals surface area contributed by atoms with E-state index >= 15 is 0 Å². The lowest BCUT2D eigenvalue weighted by molar-refractivity contribution is -0.131. The molecule has 0 aliphatic carbocycles. The molecule has 0 fully saturated rings. The first-order chi connectivity index (χ1) is 11.7. The number of nitrogens with one attached hydrogen (secondary N) is 2. The molecule has 2 aromatic rings. The van der Waals surface area contributed by atoms with Crippen molar-refractivity contribution in [2.24, 2.45) is 7.05 Å². The van der Waals surface area contributed by atoms with Crippen LogP contribution in [0.3, 0.4) is 0 Å². The summed E-state index contributed by atoms with van der Waals surface area (Å²) in [4.78, 5) is 23.9. The van der Waals surface area contributed by atoms with Gasteiger partial charge in [-0.05, 0) is 31.9 Å². The number of amides is 2. The fourth-order valence-corrected chi connectivity index (χ4v) is 2.23. The normalized spacial score (nSPS) is 12.4. The highest BCUT2D eigenvalue weighted by Crippen LogP contribution is 2.22. The summed E-state index contributed by atoms with van der Waals surface area (Å²) in [6, 6.07) is 5.92. The summed E-state index contributed by atoms with van der Waals surface area (Å²) < 4.78 is 6.85. The zero-order valence-corrected chi connectivity index (χ0v) is 14.6. The van der Waals surface area contributed by atoms with Crippen molar-refractivity contribution in [2.75, 3.05) is 0 Å². The van der Waals surface area contributed by atoms with Crippen LogP contribution in [0.1, 0.15) is 32.4 Å². The van der Waals surface area contributed by atoms with Gasteiger partial charge in [0.1, 0.15) is 11.6 Å². The van der Waals surface area contributed by atoms with Crippen LogP contribution in [0.15, 0.2) is 36.7 Å². The summed E-state index contributed by atoms with van der Waals surface area (Å²) in [7, 11) is 1.82. The van der Waals surface area contributed by atoms with Crippen LogP contribution in [0.4, 0.5) is 4.79 Å². The van der Waals surface area contributed by atoms with E-state index in [0.29, 0.717) is 5.56 Å². The van der Waals surface area contributed by atoms with Gasteiger partial charge in [0.2, 0.25) is 0 Å². The minimum Gasteiger partial charge on any atom is -0.444 e. The molecule has 1 aromatic carbocycles. The first-order valence-corrected chi connectivity index (χ1v) is 7.72. The Morgan fingerprint density at radius 2 is 1.84 bits per heavy atom. The SMILES string of the molecule is Cn1cc(-c2ccc(C(NC(=O)OC(C)(C)C)C(=O)NO)cc2)cn1.